The summed E-state index contributed by atoms with van der Waals surface area (Å²) in [5.74, 6) is -1.80. The summed E-state index contributed by atoms with van der Waals surface area (Å²) in [6.07, 6.45) is 3.03. The van der Waals surface area contributed by atoms with Crippen molar-refractivity contribution in [2.24, 2.45) is 5.73 Å². The first-order valence-electron chi connectivity index (χ1n) is 8.03. The van der Waals surface area contributed by atoms with E-state index >= 15 is 0 Å². The summed E-state index contributed by atoms with van der Waals surface area (Å²) in [5.41, 5.74) is 6.31. The number of aryl methyl sites for hydroxylation is 1. The number of primary amides is 1. The molecule has 2 atom stereocenters. The van der Waals surface area contributed by atoms with Crippen molar-refractivity contribution in [2.45, 2.75) is 32.5 Å². The second kappa shape index (κ2) is 6.30. The Labute approximate surface area is 149 Å². The van der Waals surface area contributed by atoms with Gasteiger partial charge in [-0.1, -0.05) is 12.1 Å². The van der Waals surface area contributed by atoms with E-state index in [1.165, 1.54) is 36.2 Å². The maximum absolute atomic E-state index is 13.0. The summed E-state index contributed by atoms with van der Waals surface area (Å²) >= 11 is 0. The fourth-order valence-electron chi connectivity index (χ4n) is 3.31. The number of phenolic OH excluding ortho intramolecular Hbond substituents is 1. The van der Waals surface area contributed by atoms with Crippen molar-refractivity contribution in [1.29, 1.82) is 0 Å². The standard InChI is InChI=1S/C18H19N3O5/c1-9-3-5-12-15(16(9)24)21(10(2)22)18(26)13-7-11(4-6-14(19)23)8-20(13)17(12)25/h3-6,8,13,18,24,26H,7H2,1-2H3,(H2,19,23)/b6-4+/t13-,18+/m0/s1. The normalized spacial score (nSPS) is 22.1. The molecule has 3 rings (SSSR count). The van der Waals surface area contributed by atoms with E-state index in [2.05, 4.69) is 0 Å². The average Bonchev–Trinajstić information content (AvgIpc) is 2.97. The summed E-state index contributed by atoms with van der Waals surface area (Å²) < 4.78 is 0. The van der Waals surface area contributed by atoms with Gasteiger partial charge >= 0.3 is 0 Å². The Bertz CT molecular complexity index is 874. The molecule has 0 fully saturated rings. The second-order valence-corrected chi connectivity index (χ2v) is 6.35. The van der Waals surface area contributed by atoms with Crippen molar-refractivity contribution in [2.75, 3.05) is 4.90 Å². The first-order valence-corrected chi connectivity index (χ1v) is 8.03. The van der Waals surface area contributed by atoms with Gasteiger partial charge in [-0.2, -0.15) is 0 Å². The number of rotatable bonds is 2. The molecule has 8 nitrogen and oxygen atoms in total. The Kier molecular flexibility index (Phi) is 4.29. The van der Waals surface area contributed by atoms with Crippen LogP contribution in [0.15, 0.2) is 36.1 Å². The molecule has 0 unspecified atom stereocenters. The van der Waals surface area contributed by atoms with Crippen LogP contribution in [-0.4, -0.2) is 45.1 Å². The SMILES string of the molecule is CC(=O)N1c2c(ccc(C)c2O)C(=O)N2C=C(/C=C/C(N)=O)C[C@H]2[C@H]1O. The van der Waals surface area contributed by atoms with Gasteiger partial charge in [0.05, 0.1) is 11.6 Å². The van der Waals surface area contributed by atoms with E-state index < -0.39 is 30.0 Å². The molecule has 136 valence electrons. The summed E-state index contributed by atoms with van der Waals surface area (Å²) in [5, 5.41) is 21.2. The lowest BCUT2D eigenvalue weighted by Gasteiger charge is -2.31. The number of allylic oxidation sites excluding steroid dienone is 1. The number of aromatic hydroxyl groups is 1. The number of aliphatic hydroxyl groups is 1. The van der Waals surface area contributed by atoms with Crippen LogP contribution in [0.25, 0.3) is 0 Å². The molecule has 0 spiro atoms. The quantitative estimate of drug-likeness (QED) is 0.666. The number of nitrogens with zero attached hydrogens (tertiary/aromatic N) is 2. The van der Waals surface area contributed by atoms with Gasteiger partial charge in [0, 0.05) is 19.2 Å². The molecule has 0 aliphatic carbocycles. The van der Waals surface area contributed by atoms with Gasteiger partial charge < -0.3 is 20.8 Å². The third-order valence-electron chi connectivity index (χ3n) is 4.58. The molecule has 0 radical (unpaired) electrons. The number of anilines is 1. The summed E-state index contributed by atoms with van der Waals surface area (Å²) in [7, 11) is 0. The van der Waals surface area contributed by atoms with Gasteiger partial charge in [-0.05, 0) is 30.5 Å². The summed E-state index contributed by atoms with van der Waals surface area (Å²) in [6.45, 7) is 2.90. The average molecular weight is 357 g/mol. The first-order chi connectivity index (χ1) is 12.2. The Balaban J connectivity index is 2.15. The maximum Gasteiger partial charge on any atom is 0.260 e. The van der Waals surface area contributed by atoms with Gasteiger partial charge in [0.25, 0.3) is 5.91 Å². The number of hydrogen-bond donors (Lipinski definition) is 3. The zero-order chi connectivity index (χ0) is 19.2. The van der Waals surface area contributed by atoms with Crippen molar-refractivity contribution in [3.63, 3.8) is 0 Å². The lowest BCUT2D eigenvalue weighted by Crippen LogP contribution is -2.49. The second-order valence-electron chi connectivity index (χ2n) is 6.35. The summed E-state index contributed by atoms with van der Waals surface area (Å²) in [6, 6.07) is 2.35. The topological polar surface area (TPSA) is 124 Å². The molecular weight excluding hydrogens is 338 g/mol. The highest BCUT2D eigenvalue weighted by atomic mass is 16.3. The lowest BCUT2D eigenvalue weighted by atomic mass is 10.1. The van der Waals surface area contributed by atoms with Gasteiger partial charge in [-0.25, -0.2) is 0 Å². The number of nitrogens with two attached hydrogens (primary N) is 1. The number of hydrogen-bond acceptors (Lipinski definition) is 5. The lowest BCUT2D eigenvalue weighted by molar-refractivity contribution is -0.119. The molecule has 2 heterocycles. The zero-order valence-electron chi connectivity index (χ0n) is 14.3. The number of benzene rings is 1. The molecule has 4 N–H and O–H groups in total. The molecule has 2 aliphatic rings. The number of fused-ring (bicyclic) bond motifs is 2. The number of carbonyl (C=O) groups excluding carboxylic acids is 3. The smallest absolute Gasteiger partial charge is 0.260 e. The van der Waals surface area contributed by atoms with E-state index in [-0.39, 0.29) is 23.4 Å². The minimum Gasteiger partial charge on any atom is -0.505 e. The van der Waals surface area contributed by atoms with Crippen molar-refractivity contribution >= 4 is 23.4 Å². The van der Waals surface area contributed by atoms with Crippen molar-refractivity contribution in [3.05, 3.63) is 47.2 Å². The zero-order valence-corrected chi connectivity index (χ0v) is 14.3. The van der Waals surface area contributed by atoms with Crippen LogP contribution in [-0.2, 0) is 9.59 Å². The highest BCUT2D eigenvalue weighted by Crippen LogP contribution is 2.42. The Hall–Kier alpha value is -3.13. The van der Waals surface area contributed by atoms with Gasteiger partial charge in [-0.3, -0.25) is 19.3 Å². The molecule has 0 aromatic heterocycles. The molecule has 3 amide bonds. The summed E-state index contributed by atoms with van der Waals surface area (Å²) in [4.78, 5) is 38.5. The van der Waals surface area contributed by atoms with Crippen LogP contribution < -0.4 is 10.6 Å². The van der Waals surface area contributed by atoms with Crippen LogP contribution in [0.4, 0.5) is 5.69 Å². The predicted molar refractivity (Wildman–Crippen MR) is 93.0 cm³/mol. The molecule has 1 aromatic carbocycles. The number of carbonyl (C=O) groups is 3. The molecule has 1 aromatic rings. The number of phenols is 1. The molecule has 0 saturated carbocycles. The van der Waals surface area contributed by atoms with E-state index in [4.69, 9.17) is 5.73 Å². The van der Waals surface area contributed by atoms with Crippen LogP contribution in [0.3, 0.4) is 0 Å². The molecule has 0 saturated heterocycles. The molecular formula is C18H19N3O5. The number of aliphatic hydroxyl groups excluding tert-OH is 1. The van der Waals surface area contributed by atoms with E-state index in [1.807, 2.05) is 0 Å². The minimum atomic E-state index is -1.36. The highest BCUT2D eigenvalue weighted by Gasteiger charge is 2.44. The molecule has 2 aliphatic heterocycles. The van der Waals surface area contributed by atoms with E-state index in [1.54, 1.807) is 13.0 Å². The Morgan fingerprint density at radius 3 is 2.65 bits per heavy atom. The van der Waals surface area contributed by atoms with E-state index in [9.17, 15) is 24.6 Å². The monoisotopic (exact) mass is 357 g/mol. The van der Waals surface area contributed by atoms with E-state index in [0.717, 1.165) is 4.90 Å². The molecule has 8 heteroatoms. The third kappa shape index (κ3) is 2.74. The fourth-order valence-corrected chi connectivity index (χ4v) is 3.31. The Morgan fingerprint density at radius 1 is 1.35 bits per heavy atom. The van der Waals surface area contributed by atoms with Crippen LogP contribution in [0, 0.1) is 6.92 Å². The maximum atomic E-state index is 13.0. The third-order valence-corrected chi connectivity index (χ3v) is 4.58. The van der Waals surface area contributed by atoms with Crippen LogP contribution >= 0.6 is 0 Å². The number of amides is 3. The molecule has 0 bridgehead atoms. The van der Waals surface area contributed by atoms with Crippen LogP contribution in [0.2, 0.25) is 0 Å². The van der Waals surface area contributed by atoms with Crippen molar-refractivity contribution < 1.29 is 24.6 Å². The van der Waals surface area contributed by atoms with Gasteiger partial charge in [0.1, 0.15) is 11.4 Å². The van der Waals surface area contributed by atoms with Crippen LogP contribution in [0.1, 0.15) is 29.3 Å². The van der Waals surface area contributed by atoms with E-state index in [0.29, 0.717) is 11.1 Å². The first kappa shape index (κ1) is 17.7. The van der Waals surface area contributed by atoms with Crippen molar-refractivity contribution in [3.8, 4) is 5.75 Å². The van der Waals surface area contributed by atoms with Crippen molar-refractivity contribution in [1.82, 2.24) is 4.90 Å². The minimum absolute atomic E-state index is 0.00651. The van der Waals surface area contributed by atoms with Gasteiger partial charge in [0.2, 0.25) is 11.8 Å². The molecule has 26 heavy (non-hydrogen) atoms. The van der Waals surface area contributed by atoms with Gasteiger partial charge in [0.15, 0.2) is 6.23 Å². The fraction of sp³-hybridized carbons (Fsp3) is 0.278. The van der Waals surface area contributed by atoms with Gasteiger partial charge in [-0.15, -0.1) is 0 Å². The largest absolute Gasteiger partial charge is 0.505 e. The predicted octanol–water partition coefficient (Wildman–Crippen LogP) is 0.525. The van der Waals surface area contributed by atoms with Crippen LogP contribution in [0.5, 0.6) is 5.75 Å². The highest BCUT2D eigenvalue weighted by molar-refractivity contribution is 6.08. The Morgan fingerprint density at radius 2 is 2.04 bits per heavy atom.